The Hall–Kier alpha value is -4.88. The van der Waals surface area contributed by atoms with Crippen LogP contribution in [-0.2, 0) is 32.3 Å². The van der Waals surface area contributed by atoms with E-state index in [-0.39, 0.29) is 5.82 Å². The van der Waals surface area contributed by atoms with Gasteiger partial charge in [-0.3, -0.25) is 4.90 Å². The van der Waals surface area contributed by atoms with Crippen molar-refractivity contribution in [3.8, 4) is 0 Å². The van der Waals surface area contributed by atoms with Crippen molar-refractivity contribution in [2.45, 2.75) is 44.8 Å². The third-order valence-electron chi connectivity index (χ3n) is 7.09. The molecule has 2 aliphatic heterocycles. The number of carboxylic acids is 4. The van der Waals surface area contributed by atoms with Crippen molar-refractivity contribution in [1.82, 2.24) is 15.0 Å². The number of aliphatic carboxylic acids is 4. The summed E-state index contributed by atoms with van der Waals surface area (Å²) in [4.78, 5) is 43.4. The van der Waals surface area contributed by atoms with Crippen LogP contribution in [0.4, 0.5) is 4.39 Å². The van der Waals surface area contributed by atoms with Crippen LogP contribution >= 0.6 is 0 Å². The Morgan fingerprint density at radius 2 is 1.45 bits per heavy atom. The summed E-state index contributed by atoms with van der Waals surface area (Å²) in [7, 11) is 0. The fraction of sp³-hybridized carbons (Fsp3) is 0.323. The van der Waals surface area contributed by atoms with Crippen molar-refractivity contribution in [2.75, 3.05) is 19.6 Å². The van der Waals surface area contributed by atoms with E-state index in [9.17, 15) is 23.6 Å². The standard InChI is InChI=1S/C23H26FN3O.2C4H4O4/c1-2-10-26-11-9-19(23-20-8-7-18(24)12-22(20)28-25-23)21(15-26)27-13-16-5-3-4-6-17(16)14-27;2*5-3(6)1-2-4(7)8/h3-8,12,19,21H,2,9-11,13-15H2,1H3;2*1-2H,(H,5,6)(H,7,8)/b;2*2-1+. The van der Waals surface area contributed by atoms with Gasteiger partial charge in [0.05, 0.1) is 5.69 Å². The van der Waals surface area contributed by atoms with E-state index < -0.39 is 23.9 Å². The van der Waals surface area contributed by atoms with Crippen LogP contribution in [0.3, 0.4) is 0 Å². The Bertz CT molecular complexity index is 1440. The second kappa shape index (κ2) is 16.1. The van der Waals surface area contributed by atoms with Crippen LogP contribution in [0.25, 0.3) is 11.0 Å². The highest BCUT2D eigenvalue weighted by Crippen LogP contribution is 2.38. The predicted molar refractivity (Wildman–Crippen MR) is 156 cm³/mol. The van der Waals surface area contributed by atoms with E-state index in [2.05, 4.69) is 46.1 Å². The molecule has 0 bridgehead atoms. The molecule has 0 saturated carbocycles. The van der Waals surface area contributed by atoms with Crippen molar-refractivity contribution < 1.29 is 48.5 Å². The number of fused-ring (bicyclic) bond motifs is 2. The molecule has 3 heterocycles. The Morgan fingerprint density at radius 3 is 1.95 bits per heavy atom. The SMILES string of the molecule is CCCN1CCC(c2noc3cc(F)ccc23)C(N2Cc3ccccc3C2)C1.O=C(O)/C=C/C(=O)O.O=C(O)/C=C/C(=O)O. The Labute approximate surface area is 252 Å². The maximum atomic E-state index is 13.6. The number of carbonyl (C=O) groups is 4. The molecule has 234 valence electrons. The van der Waals surface area contributed by atoms with E-state index in [1.807, 2.05) is 6.07 Å². The van der Waals surface area contributed by atoms with Gasteiger partial charge in [0.1, 0.15) is 5.82 Å². The van der Waals surface area contributed by atoms with Gasteiger partial charge in [-0.2, -0.15) is 0 Å². The second-order valence-corrected chi connectivity index (χ2v) is 10.2. The van der Waals surface area contributed by atoms with Gasteiger partial charge < -0.3 is 29.8 Å². The van der Waals surface area contributed by atoms with Crippen LogP contribution in [0.15, 0.2) is 71.3 Å². The van der Waals surface area contributed by atoms with Crippen molar-refractivity contribution >= 4 is 34.8 Å². The number of benzene rings is 2. The summed E-state index contributed by atoms with van der Waals surface area (Å²) in [6.07, 6.45) is 4.45. The van der Waals surface area contributed by atoms with Gasteiger partial charge in [0.15, 0.2) is 5.58 Å². The number of rotatable bonds is 8. The van der Waals surface area contributed by atoms with Gasteiger partial charge in [-0.15, -0.1) is 0 Å². The highest BCUT2D eigenvalue weighted by Gasteiger charge is 2.38. The minimum Gasteiger partial charge on any atom is -0.478 e. The maximum Gasteiger partial charge on any atom is 0.328 e. The molecule has 5 rings (SSSR count). The minimum absolute atomic E-state index is 0.278. The van der Waals surface area contributed by atoms with E-state index in [4.69, 9.17) is 24.9 Å². The first kappa shape index (κ1) is 33.6. The number of hydrogen-bond acceptors (Lipinski definition) is 8. The molecule has 3 aromatic rings. The van der Waals surface area contributed by atoms with Crippen molar-refractivity contribution in [3.63, 3.8) is 0 Å². The normalized spacial score (nSPS) is 18.3. The minimum atomic E-state index is -1.26. The topological polar surface area (TPSA) is 182 Å². The highest BCUT2D eigenvalue weighted by atomic mass is 19.1. The van der Waals surface area contributed by atoms with Crippen LogP contribution in [0, 0.1) is 5.82 Å². The fourth-order valence-corrected chi connectivity index (χ4v) is 5.28. The molecule has 1 aromatic heterocycles. The lowest BCUT2D eigenvalue weighted by Gasteiger charge is -2.42. The zero-order chi connectivity index (χ0) is 32.2. The molecule has 1 fully saturated rings. The molecule has 2 atom stereocenters. The first-order chi connectivity index (χ1) is 21.0. The molecule has 4 N–H and O–H groups in total. The van der Waals surface area contributed by atoms with Gasteiger partial charge in [-0.1, -0.05) is 36.3 Å². The van der Waals surface area contributed by atoms with E-state index in [1.165, 1.54) is 29.7 Å². The van der Waals surface area contributed by atoms with Gasteiger partial charge >= 0.3 is 23.9 Å². The average molecular weight is 612 g/mol. The van der Waals surface area contributed by atoms with Crippen molar-refractivity contribution in [3.05, 3.63) is 89.4 Å². The third kappa shape index (κ3) is 9.85. The molecule has 13 heteroatoms. The summed E-state index contributed by atoms with van der Waals surface area (Å²) in [5, 5.41) is 36.6. The number of likely N-dealkylation sites (tertiary alicyclic amines) is 1. The first-order valence-electron chi connectivity index (χ1n) is 13.8. The maximum absolute atomic E-state index is 13.6. The summed E-state index contributed by atoms with van der Waals surface area (Å²) in [6.45, 7) is 7.47. The number of aromatic nitrogens is 1. The lowest BCUT2D eigenvalue weighted by Crippen LogP contribution is -2.50. The number of halogens is 1. The molecule has 0 aliphatic carbocycles. The predicted octanol–water partition coefficient (Wildman–Crippen LogP) is 3.97. The number of piperidine rings is 1. The number of nitrogens with zero attached hydrogens (tertiary/aromatic N) is 3. The number of carboxylic acid groups (broad SMARTS) is 4. The molecule has 0 radical (unpaired) electrons. The molecule has 2 unspecified atom stereocenters. The van der Waals surface area contributed by atoms with Crippen LogP contribution < -0.4 is 0 Å². The van der Waals surface area contributed by atoms with Gasteiger partial charge in [0.2, 0.25) is 0 Å². The van der Waals surface area contributed by atoms with Crippen molar-refractivity contribution in [2.24, 2.45) is 0 Å². The summed E-state index contributed by atoms with van der Waals surface area (Å²) < 4.78 is 19.1. The lowest BCUT2D eigenvalue weighted by atomic mass is 9.86. The number of hydrogen-bond donors (Lipinski definition) is 4. The Balaban J connectivity index is 0.000000275. The summed E-state index contributed by atoms with van der Waals surface area (Å²) in [5.74, 6) is -5.01. The van der Waals surface area contributed by atoms with E-state index in [0.29, 0.717) is 41.8 Å². The van der Waals surface area contributed by atoms with Gasteiger partial charge in [0.25, 0.3) is 0 Å². The molecule has 44 heavy (non-hydrogen) atoms. The third-order valence-corrected chi connectivity index (χ3v) is 7.09. The summed E-state index contributed by atoms with van der Waals surface area (Å²) in [6, 6.07) is 13.9. The monoisotopic (exact) mass is 611 g/mol. The van der Waals surface area contributed by atoms with Crippen LogP contribution in [-0.4, -0.2) is 84.9 Å². The molecular weight excluding hydrogens is 577 g/mol. The molecule has 0 spiro atoms. The zero-order valence-electron chi connectivity index (χ0n) is 24.0. The van der Waals surface area contributed by atoms with E-state index in [1.54, 1.807) is 0 Å². The molecule has 1 saturated heterocycles. The van der Waals surface area contributed by atoms with E-state index >= 15 is 0 Å². The fourth-order valence-electron chi connectivity index (χ4n) is 5.28. The average Bonchev–Trinajstić information content (AvgIpc) is 3.60. The highest BCUT2D eigenvalue weighted by molar-refractivity contribution is 5.90. The molecular formula is C31H34FN3O9. The quantitative estimate of drug-likeness (QED) is 0.269. The van der Waals surface area contributed by atoms with Crippen molar-refractivity contribution in [1.29, 1.82) is 0 Å². The molecule has 2 aromatic carbocycles. The largest absolute Gasteiger partial charge is 0.478 e. The van der Waals surface area contributed by atoms with Gasteiger partial charge in [-0.05, 0) is 49.2 Å². The van der Waals surface area contributed by atoms with E-state index in [0.717, 1.165) is 50.2 Å². The molecule has 12 nitrogen and oxygen atoms in total. The summed E-state index contributed by atoms with van der Waals surface area (Å²) in [5.41, 5.74) is 4.41. The van der Waals surface area contributed by atoms with Crippen LogP contribution in [0.5, 0.6) is 0 Å². The Morgan fingerprint density at radius 1 is 0.909 bits per heavy atom. The summed E-state index contributed by atoms with van der Waals surface area (Å²) >= 11 is 0. The lowest BCUT2D eigenvalue weighted by molar-refractivity contribution is -0.134. The zero-order valence-corrected chi connectivity index (χ0v) is 24.0. The smallest absolute Gasteiger partial charge is 0.328 e. The van der Waals surface area contributed by atoms with Crippen LogP contribution in [0.2, 0.25) is 0 Å². The molecule has 2 aliphatic rings. The van der Waals surface area contributed by atoms with Gasteiger partial charge in [-0.25, -0.2) is 23.6 Å². The van der Waals surface area contributed by atoms with Gasteiger partial charge in [0, 0.05) is 67.4 Å². The van der Waals surface area contributed by atoms with Crippen LogP contribution in [0.1, 0.15) is 42.5 Å². The Kier molecular flexibility index (Phi) is 12.3. The molecule has 0 amide bonds. The first-order valence-corrected chi connectivity index (χ1v) is 13.8. The second-order valence-electron chi connectivity index (χ2n) is 10.2.